The van der Waals surface area contributed by atoms with Crippen LogP contribution in [-0.4, -0.2) is 40.7 Å². The molecule has 3 atom stereocenters. The van der Waals surface area contributed by atoms with Gasteiger partial charge in [-0.2, -0.15) is 0 Å². The molecule has 3 rings (SSSR count). The molecule has 0 bridgehead atoms. The Kier molecular flexibility index (Phi) is 5.85. The fourth-order valence-corrected chi connectivity index (χ4v) is 4.21. The van der Waals surface area contributed by atoms with Crippen LogP contribution in [0.1, 0.15) is 31.4 Å². The van der Waals surface area contributed by atoms with Gasteiger partial charge in [0.2, 0.25) is 0 Å². The zero-order valence-electron chi connectivity index (χ0n) is 16.1. The van der Waals surface area contributed by atoms with Gasteiger partial charge in [0.1, 0.15) is 5.75 Å². The van der Waals surface area contributed by atoms with E-state index in [4.69, 9.17) is 0 Å². The largest absolute Gasteiger partial charge is 0.508 e. The third-order valence-electron chi connectivity index (χ3n) is 6.23. The van der Waals surface area contributed by atoms with Gasteiger partial charge in [-0.1, -0.05) is 56.3 Å². The van der Waals surface area contributed by atoms with Crippen LogP contribution in [0.2, 0.25) is 0 Å². The highest BCUT2D eigenvalue weighted by molar-refractivity contribution is 5.70. The molecule has 27 heavy (non-hydrogen) atoms. The third-order valence-corrected chi connectivity index (χ3v) is 6.23. The Morgan fingerprint density at radius 2 is 1.96 bits per heavy atom. The van der Waals surface area contributed by atoms with Gasteiger partial charge in [-0.05, 0) is 54.0 Å². The van der Waals surface area contributed by atoms with E-state index >= 15 is 0 Å². The number of nitrogens with zero attached hydrogens (tertiary/aromatic N) is 1. The van der Waals surface area contributed by atoms with Crippen molar-refractivity contribution in [3.8, 4) is 5.75 Å². The molecule has 1 heterocycles. The Hall–Kier alpha value is -2.33. The Bertz CT molecular complexity index is 776. The normalized spacial score (nSPS) is 24.4. The lowest BCUT2D eigenvalue weighted by molar-refractivity contribution is -0.142. The number of carboxylic acid groups (broad SMARTS) is 1. The van der Waals surface area contributed by atoms with Crippen LogP contribution in [-0.2, 0) is 16.6 Å². The van der Waals surface area contributed by atoms with Crippen LogP contribution in [0.15, 0.2) is 54.6 Å². The van der Waals surface area contributed by atoms with Crippen molar-refractivity contribution >= 4 is 5.97 Å². The van der Waals surface area contributed by atoms with E-state index in [0.717, 1.165) is 30.6 Å². The summed E-state index contributed by atoms with van der Waals surface area (Å²) in [7, 11) is 0. The Labute approximate surface area is 161 Å². The first-order valence-electron chi connectivity index (χ1n) is 9.67. The highest BCUT2D eigenvalue weighted by Gasteiger charge is 2.39. The average Bonchev–Trinajstić information content (AvgIpc) is 2.65. The van der Waals surface area contributed by atoms with E-state index in [2.05, 4.69) is 24.8 Å². The molecule has 144 valence electrons. The zero-order chi connectivity index (χ0) is 19.4. The number of aromatic hydroxyl groups is 1. The second-order valence-corrected chi connectivity index (χ2v) is 8.10. The molecule has 1 aliphatic rings. The van der Waals surface area contributed by atoms with Gasteiger partial charge in [0, 0.05) is 13.1 Å². The first-order chi connectivity index (χ1) is 12.9. The first-order valence-corrected chi connectivity index (χ1v) is 9.67. The predicted molar refractivity (Wildman–Crippen MR) is 107 cm³/mol. The fraction of sp³-hybridized carbons (Fsp3) is 0.435. The molecule has 2 aromatic rings. The van der Waals surface area contributed by atoms with Crippen molar-refractivity contribution in [2.45, 2.75) is 32.1 Å². The lowest BCUT2D eigenvalue weighted by atomic mass is 9.68. The third kappa shape index (κ3) is 4.51. The number of likely N-dealkylation sites (tertiary alicyclic amines) is 1. The zero-order valence-corrected chi connectivity index (χ0v) is 16.1. The van der Waals surface area contributed by atoms with Gasteiger partial charge in [0.05, 0.1) is 5.92 Å². The molecule has 0 spiro atoms. The fourth-order valence-electron chi connectivity index (χ4n) is 4.21. The van der Waals surface area contributed by atoms with Crippen molar-refractivity contribution in [3.63, 3.8) is 0 Å². The smallest absolute Gasteiger partial charge is 0.308 e. The number of rotatable bonds is 6. The molecule has 0 aliphatic carbocycles. The summed E-state index contributed by atoms with van der Waals surface area (Å²) in [5.41, 5.74) is 2.22. The molecule has 1 fully saturated rings. The quantitative estimate of drug-likeness (QED) is 0.812. The number of phenols is 1. The number of piperidine rings is 1. The van der Waals surface area contributed by atoms with Gasteiger partial charge in [-0.3, -0.25) is 4.79 Å². The molecule has 1 aliphatic heterocycles. The molecular formula is C23H29NO3. The second kappa shape index (κ2) is 8.13. The summed E-state index contributed by atoms with van der Waals surface area (Å²) in [5.74, 6) is -0.450. The standard InChI is InChI=1S/C23H29NO3/c1-17-15-24(12-11-23(17,2)20-9-6-10-21(25)14-20)16-19(22(26)27)13-18-7-4-3-5-8-18/h3-10,14,17,19,25H,11-13,15-16H2,1-2H3,(H,26,27)/t17-,19+,23+/m0/s1. The Morgan fingerprint density at radius 1 is 1.22 bits per heavy atom. The SMILES string of the molecule is C[C@H]1CN(C[C@@H](Cc2ccccc2)C(=O)O)CC[C@@]1(C)c1cccc(O)c1. The minimum Gasteiger partial charge on any atom is -0.508 e. The summed E-state index contributed by atoms with van der Waals surface area (Å²) in [6.45, 7) is 6.79. The van der Waals surface area contributed by atoms with Crippen LogP contribution in [0.25, 0.3) is 0 Å². The van der Waals surface area contributed by atoms with Gasteiger partial charge >= 0.3 is 5.97 Å². The maximum atomic E-state index is 11.8. The Morgan fingerprint density at radius 3 is 2.59 bits per heavy atom. The summed E-state index contributed by atoms with van der Waals surface area (Å²) in [6.07, 6.45) is 1.51. The van der Waals surface area contributed by atoms with Gasteiger partial charge in [0.15, 0.2) is 0 Å². The van der Waals surface area contributed by atoms with E-state index in [-0.39, 0.29) is 5.41 Å². The van der Waals surface area contributed by atoms with Gasteiger partial charge in [-0.15, -0.1) is 0 Å². The van der Waals surface area contributed by atoms with Crippen molar-refractivity contribution in [1.29, 1.82) is 0 Å². The minimum atomic E-state index is -0.729. The van der Waals surface area contributed by atoms with Crippen molar-refractivity contribution in [1.82, 2.24) is 4.90 Å². The number of benzene rings is 2. The monoisotopic (exact) mass is 367 g/mol. The highest BCUT2D eigenvalue weighted by atomic mass is 16.4. The summed E-state index contributed by atoms with van der Waals surface area (Å²) in [6, 6.07) is 17.4. The van der Waals surface area contributed by atoms with Crippen LogP contribution in [0.3, 0.4) is 0 Å². The molecule has 4 heteroatoms. The van der Waals surface area contributed by atoms with Gasteiger partial charge in [-0.25, -0.2) is 0 Å². The molecule has 0 aromatic heterocycles. The number of carboxylic acids is 1. The highest BCUT2D eigenvalue weighted by Crippen LogP contribution is 2.40. The summed E-state index contributed by atoms with van der Waals surface area (Å²) < 4.78 is 0. The average molecular weight is 367 g/mol. The van der Waals surface area contributed by atoms with Crippen molar-refractivity contribution in [2.24, 2.45) is 11.8 Å². The summed E-state index contributed by atoms with van der Waals surface area (Å²) in [5, 5.41) is 19.5. The number of carbonyl (C=O) groups is 1. The summed E-state index contributed by atoms with van der Waals surface area (Å²) >= 11 is 0. The number of hydrogen-bond acceptors (Lipinski definition) is 3. The molecular weight excluding hydrogens is 338 g/mol. The molecule has 1 saturated heterocycles. The van der Waals surface area contributed by atoms with E-state index in [9.17, 15) is 15.0 Å². The molecule has 0 radical (unpaired) electrons. The van der Waals surface area contributed by atoms with E-state index in [1.807, 2.05) is 42.5 Å². The lowest BCUT2D eigenvalue weighted by Gasteiger charge is -2.45. The van der Waals surface area contributed by atoms with Crippen molar-refractivity contribution in [2.75, 3.05) is 19.6 Å². The first kappa shape index (κ1) is 19.4. The second-order valence-electron chi connectivity index (χ2n) is 8.10. The van der Waals surface area contributed by atoms with Crippen LogP contribution in [0.5, 0.6) is 5.75 Å². The van der Waals surface area contributed by atoms with Crippen LogP contribution >= 0.6 is 0 Å². The Balaban J connectivity index is 1.67. The molecule has 0 unspecified atom stereocenters. The number of phenolic OH excluding ortho intramolecular Hbond substituents is 1. The van der Waals surface area contributed by atoms with Gasteiger partial charge < -0.3 is 15.1 Å². The number of aliphatic carboxylic acids is 1. The molecule has 2 aromatic carbocycles. The molecule has 0 saturated carbocycles. The summed E-state index contributed by atoms with van der Waals surface area (Å²) in [4.78, 5) is 14.1. The van der Waals surface area contributed by atoms with E-state index in [0.29, 0.717) is 24.6 Å². The van der Waals surface area contributed by atoms with Crippen molar-refractivity contribution in [3.05, 3.63) is 65.7 Å². The minimum absolute atomic E-state index is 0.00656. The van der Waals surface area contributed by atoms with Crippen molar-refractivity contribution < 1.29 is 15.0 Å². The predicted octanol–water partition coefficient (Wildman–Crippen LogP) is 3.94. The topological polar surface area (TPSA) is 60.8 Å². The van der Waals surface area contributed by atoms with E-state index in [1.54, 1.807) is 6.07 Å². The van der Waals surface area contributed by atoms with E-state index in [1.165, 1.54) is 0 Å². The van der Waals surface area contributed by atoms with E-state index < -0.39 is 11.9 Å². The number of hydrogen-bond donors (Lipinski definition) is 2. The van der Waals surface area contributed by atoms with Crippen LogP contribution in [0.4, 0.5) is 0 Å². The maximum absolute atomic E-state index is 11.8. The molecule has 4 nitrogen and oxygen atoms in total. The van der Waals surface area contributed by atoms with Crippen LogP contribution < -0.4 is 0 Å². The van der Waals surface area contributed by atoms with Gasteiger partial charge in [0.25, 0.3) is 0 Å². The maximum Gasteiger partial charge on any atom is 0.308 e. The van der Waals surface area contributed by atoms with Crippen LogP contribution in [0, 0.1) is 11.8 Å². The lowest BCUT2D eigenvalue weighted by Crippen LogP contribution is -2.49. The molecule has 2 N–H and O–H groups in total. The molecule has 0 amide bonds.